The van der Waals surface area contributed by atoms with Crippen LogP contribution in [0.5, 0.6) is 0 Å². The molecule has 0 fully saturated rings. The van der Waals surface area contributed by atoms with Crippen LogP contribution in [-0.2, 0) is 4.74 Å². The number of benzene rings is 1. The summed E-state index contributed by atoms with van der Waals surface area (Å²) in [5.74, 6) is 0.909. The minimum atomic E-state index is 0.156. The summed E-state index contributed by atoms with van der Waals surface area (Å²) >= 11 is 5.19. The van der Waals surface area contributed by atoms with Gasteiger partial charge in [0.2, 0.25) is 0 Å². The van der Waals surface area contributed by atoms with Gasteiger partial charge < -0.3 is 10.5 Å². The van der Waals surface area contributed by atoms with Crippen LogP contribution in [-0.4, -0.2) is 25.0 Å². The molecule has 0 aliphatic carbocycles. The fraction of sp³-hybridized carbons (Fsp3) is 0.455. The number of rotatable bonds is 6. The van der Waals surface area contributed by atoms with Gasteiger partial charge in [-0.2, -0.15) is 0 Å². The van der Waals surface area contributed by atoms with Gasteiger partial charge in [0.15, 0.2) is 0 Å². The minimum Gasteiger partial charge on any atom is -0.376 e. The van der Waals surface area contributed by atoms with Gasteiger partial charge >= 0.3 is 0 Å². The number of hydrogen-bond donors (Lipinski definition) is 1. The van der Waals surface area contributed by atoms with Crippen molar-refractivity contribution in [3.05, 3.63) is 28.7 Å². The lowest BCUT2D eigenvalue weighted by Gasteiger charge is -2.13. The first-order chi connectivity index (χ1) is 7.26. The minimum absolute atomic E-state index is 0.156. The number of hydrogen-bond acceptors (Lipinski definition) is 3. The molecule has 1 unspecified atom stereocenters. The van der Waals surface area contributed by atoms with Crippen LogP contribution < -0.4 is 5.73 Å². The Bertz CT molecular complexity index is 278. The molecule has 15 heavy (non-hydrogen) atoms. The van der Waals surface area contributed by atoms with Gasteiger partial charge in [0.05, 0.1) is 6.10 Å². The van der Waals surface area contributed by atoms with E-state index in [1.54, 1.807) is 11.8 Å². The summed E-state index contributed by atoms with van der Waals surface area (Å²) in [5.41, 5.74) is 5.60. The molecule has 0 aromatic heterocycles. The number of ether oxygens (including phenoxy) is 1. The van der Waals surface area contributed by atoms with E-state index >= 15 is 0 Å². The van der Waals surface area contributed by atoms with Crippen molar-refractivity contribution < 1.29 is 4.74 Å². The van der Waals surface area contributed by atoms with Gasteiger partial charge in [-0.3, -0.25) is 0 Å². The van der Waals surface area contributed by atoms with Crippen LogP contribution in [0.4, 0.5) is 0 Å². The van der Waals surface area contributed by atoms with Crippen LogP contribution in [0.3, 0.4) is 0 Å². The Morgan fingerprint density at radius 2 is 2.07 bits per heavy atom. The number of nitrogens with two attached hydrogens (primary N) is 1. The molecule has 0 radical (unpaired) electrons. The number of thioether (sulfide) groups is 1. The Kier molecular flexibility index (Phi) is 6.32. The molecule has 0 aliphatic heterocycles. The van der Waals surface area contributed by atoms with E-state index in [2.05, 4.69) is 28.1 Å². The average molecular weight is 290 g/mol. The largest absolute Gasteiger partial charge is 0.376 e. The molecule has 1 rings (SSSR count). The Balaban J connectivity index is 2.38. The Morgan fingerprint density at radius 3 is 2.60 bits per heavy atom. The van der Waals surface area contributed by atoms with Crippen LogP contribution in [0.25, 0.3) is 0 Å². The molecule has 0 aliphatic rings. The molecule has 84 valence electrons. The van der Waals surface area contributed by atoms with Crippen LogP contribution >= 0.6 is 27.7 Å². The van der Waals surface area contributed by atoms with Crippen LogP contribution in [0.2, 0.25) is 0 Å². The summed E-state index contributed by atoms with van der Waals surface area (Å²) in [7, 11) is 0. The zero-order chi connectivity index (χ0) is 11.1. The third-order valence-electron chi connectivity index (χ3n) is 1.91. The standard InChI is InChI=1S/C11H16BrNOS/c1-2-14-10(7-13)8-15-11-5-3-9(12)4-6-11/h3-6,10H,2,7-8,13H2,1H3. The highest BCUT2D eigenvalue weighted by molar-refractivity contribution is 9.10. The fourth-order valence-corrected chi connectivity index (χ4v) is 2.34. The predicted octanol–water partition coefficient (Wildman–Crippen LogP) is 2.91. The maximum Gasteiger partial charge on any atom is 0.0790 e. The Hall–Kier alpha value is -0.0300. The molecule has 0 saturated carbocycles. The molecule has 1 aromatic rings. The molecule has 0 heterocycles. The molecular formula is C11H16BrNOS. The lowest BCUT2D eigenvalue weighted by atomic mass is 10.4. The van der Waals surface area contributed by atoms with Gasteiger partial charge in [0, 0.05) is 28.3 Å². The average Bonchev–Trinajstić information content (AvgIpc) is 2.26. The van der Waals surface area contributed by atoms with E-state index in [0.29, 0.717) is 6.54 Å². The van der Waals surface area contributed by atoms with Gasteiger partial charge in [-0.1, -0.05) is 15.9 Å². The summed E-state index contributed by atoms with van der Waals surface area (Å²) in [6.07, 6.45) is 0.156. The first-order valence-corrected chi connectivity index (χ1v) is 6.74. The highest BCUT2D eigenvalue weighted by Crippen LogP contribution is 2.21. The topological polar surface area (TPSA) is 35.2 Å². The highest BCUT2D eigenvalue weighted by Gasteiger charge is 2.06. The maximum absolute atomic E-state index is 5.60. The quantitative estimate of drug-likeness (QED) is 0.818. The monoisotopic (exact) mass is 289 g/mol. The summed E-state index contributed by atoms with van der Waals surface area (Å²) in [6.45, 7) is 3.30. The molecular weight excluding hydrogens is 274 g/mol. The van der Waals surface area contributed by atoms with Gasteiger partial charge in [0.25, 0.3) is 0 Å². The second-order valence-corrected chi connectivity index (χ2v) is 5.09. The van der Waals surface area contributed by atoms with E-state index in [0.717, 1.165) is 16.8 Å². The van der Waals surface area contributed by atoms with E-state index in [1.165, 1.54) is 4.90 Å². The second kappa shape index (κ2) is 7.28. The van der Waals surface area contributed by atoms with Crippen molar-refractivity contribution in [3.63, 3.8) is 0 Å². The Labute approximate surface area is 104 Å². The lowest BCUT2D eigenvalue weighted by molar-refractivity contribution is 0.0858. The summed E-state index contributed by atoms with van der Waals surface area (Å²) in [4.78, 5) is 1.25. The van der Waals surface area contributed by atoms with Gasteiger partial charge in [-0.05, 0) is 31.2 Å². The normalized spacial score (nSPS) is 12.7. The van der Waals surface area contributed by atoms with Crippen molar-refractivity contribution in [1.29, 1.82) is 0 Å². The maximum atomic E-state index is 5.60. The van der Waals surface area contributed by atoms with Crippen molar-refractivity contribution in [2.24, 2.45) is 5.73 Å². The summed E-state index contributed by atoms with van der Waals surface area (Å²) in [6, 6.07) is 8.27. The van der Waals surface area contributed by atoms with Crippen molar-refractivity contribution in [2.75, 3.05) is 18.9 Å². The molecule has 1 atom stereocenters. The molecule has 4 heteroatoms. The molecule has 1 aromatic carbocycles. The molecule has 0 saturated heterocycles. The SMILES string of the molecule is CCOC(CN)CSc1ccc(Br)cc1. The van der Waals surface area contributed by atoms with Crippen LogP contribution in [0, 0.1) is 0 Å². The molecule has 0 amide bonds. The van der Waals surface area contributed by atoms with Gasteiger partial charge in [-0.25, -0.2) is 0 Å². The first kappa shape index (κ1) is 13.0. The van der Waals surface area contributed by atoms with E-state index in [-0.39, 0.29) is 6.10 Å². The fourth-order valence-electron chi connectivity index (χ4n) is 1.14. The van der Waals surface area contributed by atoms with Crippen molar-refractivity contribution in [2.45, 2.75) is 17.9 Å². The van der Waals surface area contributed by atoms with Crippen molar-refractivity contribution in [3.8, 4) is 0 Å². The highest BCUT2D eigenvalue weighted by atomic mass is 79.9. The predicted molar refractivity (Wildman–Crippen MR) is 69.3 cm³/mol. The second-order valence-electron chi connectivity index (χ2n) is 3.08. The van der Waals surface area contributed by atoms with E-state index in [9.17, 15) is 0 Å². The zero-order valence-corrected chi connectivity index (χ0v) is 11.2. The zero-order valence-electron chi connectivity index (χ0n) is 8.78. The molecule has 2 N–H and O–H groups in total. The Morgan fingerprint density at radius 1 is 1.40 bits per heavy atom. The number of halogens is 1. The van der Waals surface area contributed by atoms with Gasteiger partial charge in [0.1, 0.15) is 0 Å². The van der Waals surface area contributed by atoms with Crippen LogP contribution in [0.1, 0.15) is 6.92 Å². The molecule has 0 bridgehead atoms. The third-order valence-corrected chi connectivity index (χ3v) is 3.59. The van der Waals surface area contributed by atoms with Crippen LogP contribution in [0.15, 0.2) is 33.6 Å². The van der Waals surface area contributed by atoms with Gasteiger partial charge in [-0.15, -0.1) is 11.8 Å². The molecule has 2 nitrogen and oxygen atoms in total. The summed E-state index contributed by atoms with van der Waals surface area (Å²) in [5, 5.41) is 0. The first-order valence-electron chi connectivity index (χ1n) is 4.96. The van der Waals surface area contributed by atoms with E-state index in [1.807, 2.05) is 19.1 Å². The van der Waals surface area contributed by atoms with Crippen molar-refractivity contribution in [1.82, 2.24) is 0 Å². The van der Waals surface area contributed by atoms with Crippen molar-refractivity contribution >= 4 is 27.7 Å². The van der Waals surface area contributed by atoms with E-state index < -0.39 is 0 Å². The third kappa shape index (κ3) is 5.02. The summed E-state index contributed by atoms with van der Waals surface area (Å²) < 4.78 is 6.59. The smallest absolute Gasteiger partial charge is 0.0790 e. The molecule has 0 spiro atoms. The lowest BCUT2D eigenvalue weighted by Crippen LogP contribution is -2.26. The van der Waals surface area contributed by atoms with E-state index in [4.69, 9.17) is 10.5 Å².